The fourth-order valence-electron chi connectivity index (χ4n) is 3.34. The normalized spacial score (nSPS) is 28.3. The molecule has 1 aromatic heterocycles. The van der Waals surface area contributed by atoms with E-state index in [0.717, 1.165) is 25.7 Å². The van der Waals surface area contributed by atoms with Gasteiger partial charge in [0.25, 0.3) is 0 Å². The fraction of sp³-hybridized carbons (Fsp3) is 0.615. The summed E-state index contributed by atoms with van der Waals surface area (Å²) in [7, 11) is -3.42. The molecule has 0 amide bonds. The van der Waals surface area contributed by atoms with Crippen LogP contribution in [0.25, 0.3) is 0 Å². The number of sulfonamides is 1. The molecule has 1 aliphatic carbocycles. The van der Waals surface area contributed by atoms with Crippen LogP contribution in [0.4, 0.5) is 0 Å². The first-order chi connectivity index (χ1) is 9.09. The van der Waals surface area contributed by atoms with Gasteiger partial charge in [-0.15, -0.1) is 0 Å². The van der Waals surface area contributed by atoms with Crippen molar-refractivity contribution in [1.82, 2.24) is 9.29 Å². The minimum absolute atomic E-state index is 0.186. The largest absolute Gasteiger partial charge is 0.244 e. The van der Waals surface area contributed by atoms with Crippen molar-refractivity contribution in [3.05, 3.63) is 23.5 Å². The van der Waals surface area contributed by atoms with E-state index in [0.29, 0.717) is 12.5 Å². The van der Waals surface area contributed by atoms with Crippen LogP contribution in [0.3, 0.4) is 0 Å². The van der Waals surface area contributed by atoms with E-state index in [1.807, 2.05) is 0 Å². The van der Waals surface area contributed by atoms with Gasteiger partial charge in [0.15, 0.2) is 0 Å². The Bertz CT molecular complexity index is 576. The lowest BCUT2D eigenvalue weighted by Crippen LogP contribution is -2.39. The fourth-order valence-corrected chi connectivity index (χ4v) is 5.32. The van der Waals surface area contributed by atoms with Gasteiger partial charge in [-0.3, -0.25) is 0 Å². The van der Waals surface area contributed by atoms with E-state index in [9.17, 15) is 8.42 Å². The molecule has 1 aromatic rings. The van der Waals surface area contributed by atoms with Crippen molar-refractivity contribution in [2.24, 2.45) is 5.92 Å². The summed E-state index contributed by atoms with van der Waals surface area (Å²) in [5.41, 5.74) is 0. The van der Waals surface area contributed by atoms with Crippen LogP contribution >= 0.6 is 11.6 Å². The highest BCUT2D eigenvalue weighted by atomic mass is 35.5. The maximum atomic E-state index is 12.7. The van der Waals surface area contributed by atoms with Gasteiger partial charge in [-0.05, 0) is 37.3 Å². The molecule has 2 aliphatic rings. The number of halogens is 1. The summed E-state index contributed by atoms with van der Waals surface area (Å²) in [6.45, 7) is 0.637. The predicted octanol–water partition coefficient (Wildman–Crippen LogP) is 2.69. The second-order valence-electron chi connectivity index (χ2n) is 5.33. The molecular weight excluding hydrogens is 284 g/mol. The standard InChI is InChI=1S/C13H17ClN2O2S/c14-13-9-11(5-7-15-13)19(17,18)16-8-6-10-3-1-2-4-12(10)16/h5,7,9-10,12H,1-4,6,8H2. The van der Waals surface area contributed by atoms with Crippen molar-refractivity contribution in [2.75, 3.05) is 6.54 Å². The third kappa shape index (κ3) is 2.39. The number of fused-ring (bicyclic) bond motifs is 1. The molecule has 19 heavy (non-hydrogen) atoms. The Morgan fingerprint density at radius 1 is 1.26 bits per heavy atom. The lowest BCUT2D eigenvalue weighted by Gasteiger charge is -2.31. The van der Waals surface area contributed by atoms with Gasteiger partial charge in [0.05, 0.1) is 4.90 Å². The summed E-state index contributed by atoms with van der Waals surface area (Å²) in [6.07, 6.45) is 6.95. The minimum Gasteiger partial charge on any atom is -0.244 e. The molecule has 1 aliphatic heterocycles. The molecule has 2 unspecified atom stereocenters. The van der Waals surface area contributed by atoms with E-state index < -0.39 is 10.0 Å². The summed E-state index contributed by atoms with van der Waals surface area (Å²) in [5.74, 6) is 0.542. The van der Waals surface area contributed by atoms with Crippen LogP contribution in [-0.2, 0) is 10.0 Å². The molecule has 0 bridgehead atoms. The minimum atomic E-state index is -3.42. The lowest BCUT2D eigenvalue weighted by atomic mass is 9.86. The van der Waals surface area contributed by atoms with Gasteiger partial charge < -0.3 is 0 Å². The Balaban J connectivity index is 1.92. The Hall–Kier alpha value is -0.650. The Kier molecular flexibility index (Phi) is 3.53. The van der Waals surface area contributed by atoms with E-state index in [2.05, 4.69) is 4.98 Å². The molecule has 6 heteroatoms. The second kappa shape index (κ2) is 5.04. The van der Waals surface area contributed by atoms with Gasteiger partial charge in [-0.25, -0.2) is 13.4 Å². The van der Waals surface area contributed by atoms with Crippen molar-refractivity contribution in [3.8, 4) is 0 Å². The highest BCUT2D eigenvalue weighted by molar-refractivity contribution is 7.89. The van der Waals surface area contributed by atoms with Crippen LogP contribution in [-0.4, -0.2) is 30.3 Å². The van der Waals surface area contributed by atoms with Crippen LogP contribution in [0.15, 0.2) is 23.2 Å². The van der Waals surface area contributed by atoms with E-state index in [-0.39, 0.29) is 16.1 Å². The Labute approximate surface area is 118 Å². The average Bonchev–Trinajstić information content (AvgIpc) is 2.83. The van der Waals surface area contributed by atoms with Gasteiger partial charge >= 0.3 is 0 Å². The predicted molar refractivity (Wildman–Crippen MR) is 73.5 cm³/mol. The maximum absolute atomic E-state index is 12.7. The molecule has 2 atom stereocenters. The van der Waals surface area contributed by atoms with Crippen molar-refractivity contribution < 1.29 is 8.42 Å². The monoisotopic (exact) mass is 300 g/mol. The highest BCUT2D eigenvalue weighted by Gasteiger charge is 2.42. The third-order valence-electron chi connectivity index (χ3n) is 4.26. The first kappa shape index (κ1) is 13.3. The molecule has 2 fully saturated rings. The van der Waals surface area contributed by atoms with Crippen molar-refractivity contribution in [1.29, 1.82) is 0 Å². The first-order valence-electron chi connectivity index (χ1n) is 6.72. The molecule has 0 radical (unpaired) electrons. The molecule has 4 nitrogen and oxygen atoms in total. The number of aromatic nitrogens is 1. The number of hydrogen-bond acceptors (Lipinski definition) is 3. The molecule has 0 spiro atoms. The quantitative estimate of drug-likeness (QED) is 0.789. The number of rotatable bonds is 2. The van der Waals surface area contributed by atoms with E-state index in [4.69, 9.17) is 11.6 Å². The molecule has 104 valence electrons. The SMILES string of the molecule is O=S(=O)(c1ccnc(Cl)c1)N1CCC2CCCCC21. The van der Waals surface area contributed by atoms with Gasteiger partial charge in [-0.1, -0.05) is 24.4 Å². The summed E-state index contributed by atoms with van der Waals surface area (Å²) < 4.78 is 27.0. The molecule has 3 rings (SSSR count). The zero-order valence-corrected chi connectivity index (χ0v) is 12.2. The second-order valence-corrected chi connectivity index (χ2v) is 7.61. The van der Waals surface area contributed by atoms with Crippen LogP contribution in [0.2, 0.25) is 5.15 Å². The smallest absolute Gasteiger partial charge is 0.243 e. The average molecular weight is 301 g/mol. The molecule has 0 aromatic carbocycles. The van der Waals surface area contributed by atoms with Crippen LogP contribution < -0.4 is 0 Å². The lowest BCUT2D eigenvalue weighted by molar-refractivity contribution is 0.260. The molecule has 2 heterocycles. The molecule has 1 saturated carbocycles. The van der Waals surface area contributed by atoms with Gasteiger partial charge in [0.2, 0.25) is 10.0 Å². The van der Waals surface area contributed by atoms with Gasteiger partial charge in [0, 0.05) is 18.8 Å². The van der Waals surface area contributed by atoms with Crippen molar-refractivity contribution >= 4 is 21.6 Å². The van der Waals surface area contributed by atoms with Gasteiger partial charge in [-0.2, -0.15) is 4.31 Å². The summed E-state index contributed by atoms with van der Waals surface area (Å²) >= 11 is 5.80. The van der Waals surface area contributed by atoms with Crippen LogP contribution in [0.5, 0.6) is 0 Å². The number of pyridine rings is 1. The van der Waals surface area contributed by atoms with E-state index in [1.54, 1.807) is 4.31 Å². The van der Waals surface area contributed by atoms with Gasteiger partial charge in [0.1, 0.15) is 5.15 Å². The summed E-state index contributed by atoms with van der Waals surface area (Å²) in [4.78, 5) is 4.11. The van der Waals surface area contributed by atoms with Crippen molar-refractivity contribution in [3.63, 3.8) is 0 Å². The van der Waals surface area contributed by atoms with Crippen LogP contribution in [0, 0.1) is 5.92 Å². The van der Waals surface area contributed by atoms with Crippen molar-refractivity contribution in [2.45, 2.75) is 43.0 Å². The molecule has 0 N–H and O–H groups in total. The zero-order valence-electron chi connectivity index (χ0n) is 10.6. The maximum Gasteiger partial charge on any atom is 0.243 e. The highest BCUT2D eigenvalue weighted by Crippen LogP contribution is 2.39. The summed E-state index contributed by atoms with van der Waals surface area (Å²) in [6, 6.07) is 3.15. The Morgan fingerprint density at radius 3 is 2.84 bits per heavy atom. The number of nitrogens with zero attached hydrogens (tertiary/aromatic N) is 2. The molecule has 1 saturated heterocycles. The van der Waals surface area contributed by atoms with Crippen LogP contribution in [0.1, 0.15) is 32.1 Å². The van der Waals surface area contributed by atoms with E-state index in [1.165, 1.54) is 24.8 Å². The zero-order chi connectivity index (χ0) is 13.5. The topological polar surface area (TPSA) is 50.3 Å². The third-order valence-corrected chi connectivity index (χ3v) is 6.39. The molecular formula is C13H17ClN2O2S. The summed E-state index contributed by atoms with van der Waals surface area (Å²) in [5, 5.41) is 0.223. The Morgan fingerprint density at radius 2 is 2.05 bits per heavy atom. The first-order valence-corrected chi connectivity index (χ1v) is 8.54. The van der Waals surface area contributed by atoms with E-state index >= 15 is 0 Å². The number of hydrogen-bond donors (Lipinski definition) is 0.